The van der Waals surface area contributed by atoms with Gasteiger partial charge in [0.05, 0.1) is 33.9 Å². The van der Waals surface area contributed by atoms with E-state index < -0.39 is 38.6 Å². The number of phosphoric acid groups is 1. The van der Waals surface area contributed by atoms with Crippen LogP contribution < -0.4 is 4.89 Å². The summed E-state index contributed by atoms with van der Waals surface area (Å²) in [6.45, 7) is 3.77. The molecule has 0 heterocycles. The first-order chi connectivity index (χ1) is 28.4. The summed E-state index contributed by atoms with van der Waals surface area (Å²) in [5, 5.41) is 10.0. The molecule has 3 atom stereocenters. The van der Waals surface area contributed by atoms with E-state index in [0.717, 1.165) is 64.2 Å². The molecular formula is C48H78NO9P. The minimum absolute atomic E-state index is 0.0638. The summed E-state index contributed by atoms with van der Waals surface area (Å²) in [5.41, 5.74) is 0. The number of hydrogen-bond donors (Lipinski definition) is 1. The van der Waals surface area contributed by atoms with Gasteiger partial charge >= 0.3 is 11.9 Å². The largest absolute Gasteiger partial charge is 0.756 e. The fourth-order valence-corrected chi connectivity index (χ4v) is 5.73. The lowest BCUT2D eigenvalue weighted by molar-refractivity contribution is -0.870. The van der Waals surface area contributed by atoms with Crippen LogP contribution in [0.15, 0.2) is 109 Å². The average Bonchev–Trinajstić information content (AvgIpc) is 3.18. The first kappa shape index (κ1) is 55.6. The SMILES string of the molecule is CC/C=C\C/C=C\C/C=C\C/C=C\CCCCCCC(=O)OC[C@H](COP(=O)([O-])OCC[N+](C)(C)C)OC(=O)CCC/C=C\C/C=C\C=C\C(O)C/C=C\C/C=C\CC. The highest BCUT2D eigenvalue weighted by molar-refractivity contribution is 7.45. The van der Waals surface area contributed by atoms with Crippen molar-refractivity contribution in [1.82, 2.24) is 0 Å². The number of ether oxygens (including phenoxy) is 2. The Labute approximate surface area is 358 Å². The van der Waals surface area contributed by atoms with Gasteiger partial charge in [-0.15, -0.1) is 0 Å². The highest BCUT2D eigenvalue weighted by Gasteiger charge is 2.21. The number of aliphatic hydroxyl groups excluding tert-OH is 1. The maximum atomic E-state index is 12.7. The summed E-state index contributed by atoms with van der Waals surface area (Å²) < 4.78 is 33.7. The number of rotatable bonds is 37. The normalized spacial score (nSPS) is 15.2. The van der Waals surface area contributed by atoms with Crippen LogP contribution in [0.4, 0.5) is 0 Å². The molecule has 10 nitrogen and oxygen atoms in total. The van der Waals surface area contributed by atoms with E-state index in [1.165, 1.54) is 0 Å². The summed E-state index contributed by atoms with van der Waals surface area (Å²) in [4.78, 5) is 37.5. The van der Waals surface area contributed by atoms with Crippen molar-refractivity contribution in [3.63, 3.8) is 0 Å². The average molecular weight is 844 g/mol. The Morgan fingerprint density at radius 3 is 1.76 bits per heavy atom. The number of esters is 2. The van der Waals surface area contributed by atoms with Crippen LogP contribution >= 0.6 is 7.82 Å². The van der Waals surface area contributed by atoms with E-state index in [0.29, 0.717) is 43.1 Å². The second-order valence-electron chi connectivity index (χ2n) is 15.1. The zero-order chi connectivity index (χ0) is 43.7. The number of quaternary nitrogens is 1. The van der Waals surface area contributed by atoms with E-state index >= 15 is 0 Å². The van der Waals surface area contributed by atoms with E-state index in [1.54, 1.807) is 6.08 Å². The van der Waals surface area contributed by atoms with Crippen molar-refractivity contribution in [2.75, 3.05) is 47.5 Å². The summed E-state index contributed by atoms with van der Waals surface area (Å²) in [6.07, 6.45) is 48.7. The van der Waals surface area contributed by atoms with Crippen molar-refractivity contribution in [1.29, 1.82) is 0 Å². The molecule has 0 bridgehead atoms. The third kappa shape index (κ3) is 42.6. The predicted octanol–water partition coefficient (Wildman–Crippen LogP) is 10.7. The highest BCUT2D eigenvalue weighted by Crippen LogP contribution is 2.38. The molecule has 0 spiro atoms. The lowest BCUT2D eigenvalue weighted by atomic mass is 10.1. The van der Waals surface area contributed by atoms with Crippen molar-refractivity contribution in [2.45, 2.75) is 135 Å². The second kappa shape index (κ2) is 38.8. The Kier molecular flexibility index (Phi) is 36.6. The molecule has 0 aromatic carbocycles. The summed E-state index contributed by atoms with van der Waals surface area (Å²) in [6, 6.07) is 0. The van der Waals surface area contributed by atoms with Crippen molar-refractivity contribution in [2.24, 2.45) is 0 Å². The standard InChI is InChI=1S/C48H78NO9P/c1-6-8-10-12-14-15-16-17-18-19-20-21-22-23-27-31-35-39-47(51)55-43-46(44-57-59(53,54)56-42-41-49(3,4)5)58-48(52)40-36-32-28-25-24-26-30-34-38-45(50)37-33-29-13-11-9-7-2/h8-11,14-15,17-18,20-21,25-26,28-30,33-34,38,45-46,50H,6-7,12-13,16,19,22-24,27,31-32,35-37,39-44H2,1-5H3/b10-8-,11-9-,15-14-,18-17-,21-20-,28-25-,30-26-,33-29-,38-34+/t45?,46-/m1/s1. The van der Waals surface area contributed by atoms with Crippen LogP contribution in [0.5, 0.6) is 0 Å². The van der Waals surface area contributed by atoms with E-state index in [1.807, 2.05) is 63.7 Å². The number of hydrogen-bond acceptors (Lipinski definition) is 9. The Morgan fingerprint density at radius 2 is 1.15 bits per heavy atom. The second-order valence-corrected chi connectivity index (χ2v) is 16.6. The number of likely N-dealkylation sites (N-methyl/N-ethyl adjacent to an activating group) is 1. The van der Waals surface area contributed by atoms with E-state index in [-0.39, 0.29) is 26.1 Å². The number of allylic oxidation sites excluding steroid dienone is 16. The molecule has 0 aromatic rings. The molecule has 0 saturated heterocycles. The van der Waals surface area contributed by atoms with Gasteiger partial charge in [0.25, 0.3) is 7.82 Å². The molecule has 0 fully saturated rings. The van der Waals surface area contributed by atoms with Crippen LogP contribution in [0.25, 0.3) is 0 Å². The maximum Gasteiger partial charge on any atom is 0.306 e. The van der Waals surface area contributed by atoms with Crippen molar-refractivity contribution in [3.05, 3.63) is 109 Å². The molecule has 0 aliphatic carbocycles. The molecular weight excluding hydrogens is 765 g/mol. The predicted molar refractivity (Wildman–Crippen MR) is 241 cm³/mol. The van der Waals surface area contributed by atoms with E-state index in [4.69, 9.17) is 18.5 Å². The number of phosphoric ester groups is 1. The minimum atomic E-state index is -4.67. The van der Waals surface area contributed by atoms with Crippen LogP contribution in [-0.2, 0) is 32.7 Å². The summed E-state index contributed by atoms with van der Waals surface area (Å²) in [5.74, 6) is -0.984. The summed E-state index contributed by atoms with van der Waals surface area (Å²) in [7, 11) is 1.05. The highest BCUT2D eigenvalue weighted by atomic mass is 31.2. The number of aliphatic hydroxyl groups is 1. The van der Waals surface area contributed by atoms with Gasteiger partial charge in [-0.1, -0.05) is 136 Å². The first-order valence-electron chi connectivity index (χ1n) is 21.7. The Balaban J connectivity index is 4.60. The topological polar surface area (TPSA) is 131 Å². The fraction of sp³-hybridized carbons (Fsp3) is 0.583. The third-order valence-electron chi connectivity index (χ3n) is 8.37. The molecule has 59 heavy (non-hydrogen) atoms. The van der Waals surface area contributed by atoms with Gasteiger partial charge in [-0.25, -0.2) is 0 Å². The van der Waals surface area contributed by atoms with Gasteiger partial charge in [0.1, 0.15) is 19.8 Å². The zero-order valence-electron chi connectivity index (χ0n) is 37.0. The molecule has 334 valence electrons. The van der Waals surface area contributed by atoms with Crippen LogP contribution in [0, 0.1) is 0 Å². The number of unbranched alkanes of at least 4 members (excludes halogenated alkanes) is 5. The molecule has 2 unspecified atom stereocenters. The van der Waals surface area contributed by atoms with Gasteiger partial charge in [-0.2, -0.15) is 0 Å². The van der Waals surface area contributed by atoms with E-state index in [2.05, 4.69) is 74.6 Å². The Bertz CT molecular complexity index is 1380. The fourth-order valence-electron chi connectivity index (χ4n) is 5.00. The Hall–Kier alpha value is -3.37. The lowest BCUT2D eigenvalue weighted by Gasteiger charge is -2.28. The Morgan fingerprint density at radius 1 is 0.627 bits per heavy atom. The number of carbonyl (C=O) groups excluding carboxylic acids is 2. The molecule has 0 aliphatic rings. The molecule has 0 aromatic heterocycles. The lowest BCUT2D eigenvalue weighted by Crippen LogP contribution is -2.37. The van der Waals surface area contributed by atoms with Crippen LogP contribution in [0.2, 0.25) is 0 Å². The van der Waals surface area contributed by atoms with Crippen LogP contribution in [0.1, 0.15) is 123 Å². The van der Waals surface area contributed by atoms with Crippen molar-refractivity contribution in [3.8, 4) is 0 Å². The first-order valence-corrected chi connectivity index (χ1v) is 23.2. The number of carbonyl (C=O) groups is 2. The maximum absolute atomic E-state index is 12.7. The van der Waals surface area contributed by atoms with Crippen molar-refractivity contribution >= 4 is 19.8 Å². The molecule has 0 saturated carbocycles. The van der Waals surface area contributed by atoms with Crippen molar-refractivity contribution < 1.29 is 47.2 Å². The van der Waals surface area contributed by atoms with Gasteiger partial charge in [-0.05, 0) is 83.5 Å². The zero-order valence-corrected chi connectivity index (χ0v) is 37.9. The molecule has 0 amide bonds. The summed E-state index contributed by atoms with van der Waals surface area (Å²) >= 11 is 0. The van der Waals surface area contributed by atoms with Crippen LogP contribution in [-0.4, -0.2) is 81.2 Å². The minimum Gasteiger partial charge on any atom is -0.756 e. The van der Waals surface area contributed by atoms with Gasteiger partial charge in [-0.3, -0.25) is 14.2 Å². The molecule has 0 rings (SSSR count). The van der Waals surface area contributed by atoms with Gasteiger partial charge in [0.15, 0.2) is 6.10 Å². The van der Waals surface area contributed by atoms with Gasteiger partial charge in [0.2, 0.25) is 0 Å². The van der Waals surface area contributed by atoms with E-state index in [9.17, 15) is 24.2 Å². The smallest absolute Gasteiger partial charge is 0.306 e. The third-order valence-corrected chi connectivity index (χ3v) is 9.33. The monoisotopic (exact) mass is 844 g/mol. The van der Waals surface area contributed by atoms with Gasteiger partial charge < -0.3 is 33.0 Å². The van der Waals surface area contributed by atoms with Crippen LogP contribution in [0.3, 0.4) is 0 Å². The quantitative estimate of drug-likeness (QED) is 0.0162. The molecule has 0 radical (unpaired) electrons. The molecule has 0 aliphatic heterocycles. The van der Waals surface area contributed by atoms with Gasteiger partial charge in [0, 0.05) is 12.8 Å². The number of nitrogens with zero attached hydrogens (tertiary/aromatic N) is 1. The molecule has 1 N–H and O–H groups in total. The molecule has 11 heteroatoms.